The van der Waals surface area contributed by atoms with E-state index in [1.807, 2.05) is 18.4 Å². The molecule has 0 aromatic carbocycles. The van der Waals surface area contributed by atoms with Crippen molar-refractivity contribution in [2.24, 2.45) is 0 Å². The fourth-order valence-electron chi connectivity index (χ4n) is 2.37. The summed E-state index contributed by atoms with van der Waals surface area (Å²) >= 11 is 2.68. The largest absolute Gasteiger partial charge is 0.462 e. The molecule has 10 heteroatoms. The van der Waals surface area contributed by atoms with Crippen LogP contribution in [0.25, 0.3) is 10.7 Å². The molecular weight excluding hydrogens is 390 g/mol. The molecule has 0 radical (unpaired) electrons. The first-order valence-corrected chi connectivity index (χ1v) is 9.93. The highest BCUT2D eigenvalue weighted by atomic mass is 32.1. The Morgan fingerprint density at radius 2 is 2.19 bits per heavy atom. The molecule has 0 saturated heterocycles. The fourth-order valence-corrected chi connectivity index (χ4v) is 4.08. The number of aromatic nitrogens is 2. The quantitative estimate of drug-likeness (QED) is 0.604. The zero-order chi connectivity index (χ0) is 19.4. The van der Waals surface area contributed by atoms with Crippen molar-refractivity contribution in [3.8, 4) is 10.7 Å². The van der Waals surface area contributed by atoms with Gasteiger partial charge in [0, 0.05) is 4.88 Å². The fraction of sp³-hybridized carbons (Fsp3) is 0.294. The van der Waals surface area contributed by atoms with Crippen molar-refractivity contribution in [3.63, 3.8) is 0 Å². The van der Waals surface area contributed by atoms with Gasteiger partial charge < -0.3 is 10.1 Å². The molecular formula is C17H17N3O5S2. The normalized spacial score (nSPS) is 10.7. The van der Waals surface area contributed by atoms with E-state index in [0.717, 1.165) is 15.9 Å². The molecule has 0 atom stereocenters. The highest BCUT2D eigenvalue weighted by Crippen LogP contribution is 2.29. The van der Waals surface area contributed by atoms with E-state index in [1.165, 1.54) is 22.7 Å². The number of amides is 1. The molecule has 3 heterocycles. The second-order valence-electron chi connectivity index (χ2n) is 5.41. The van der Waals surface area contributed by atoms with Gasteiger partial charge in [0.15, 0.2) is 5.82 Å². The van der Waals surface area contributed by atoms with Gasteiger partial charge in [-0.3, -0.25) is 9.32 Å². The van der Waals surface area contributed by atoms with Crippen molar-refractivity contribution in [1.29, 1.82) is 0 Å². The molecule has 0 aliphatic rings. The maximum atomic E-state index is 12.5. The van der Waals surface area contributed by atoms with Crippen molar-refractivity contribution in [2.75, 3.05) is 11.9 Å². The smallest absolute Gasteiger partial charge is 0.442 e. The molecule has 0 unspecified atom stereocenters. The lowest BCUT2D eigenvalue weighted by Crippen LogP contribution is -2.25. The van der Waals surface area contributed by atoms with Crippen LogP contribution in [0.15, 0.2) is 32.9 Å². The molecule has 27 heavy (non-hydrogen) atoms. The number of hydrogen-bond acceptors (Lipinski definition) is 8. The molecule has 0 saturated carbocycles. The van der Waals surface area contributed by atoms with E-state index in [9.17, 15) is 14.4 Å². The second kappa shape index (κ2) is 8.31. The molecule has 1 amide bonds. The standard InChI is InChI=1S/C17H17N3O5S2/c1-3-10-8-11(16(22)24-4-2)15(27-10)18-13(21)9-20-14(19-25-17(20)23)12-6-5-7-26-12/h5-8H,3-4,9H2,1-2H3,(H,18,21). The zero-order valence-corrected chi connectivity index (χ0v) is 16.3. The SMILES string of the molecule is CCOC(=O)c1cc(CC)sc1NC(=O)Cn1c(-c2cccs2)noc1=O. The number of thiophene rings is 2. The van der Waals surface area contributed by atoms with E-state index in [-0.39, 0.29) is 19.0 Å². The molecule has 3 rings (SSSR count). The Balaban J connectivity index is 1.82. The number of carbonyl (C=O) groups excluding carboxylic acids is 2. The summed E-state index contributed by atoms with van der Waals surface area (Å²) < 4.78 is 10.9. The number of aryl methyl sites for hydroxylation is 1. The number of anilines is 1. The first kappa shape index (κ1) is 19.1. The molecule has 0 bridgehead atoms. The Morgan fingerprint density at radius 1 is 1.37 bits per heavy atom. The average Bonchev–Trinajstić information content (AvgIpc) is 3.36. The number of ether oxygens (including phenoxy) is 1. The van der Waals surface area contributed by atoms with Gasteiger partial charge in [-0.2, -0.15) is 0 Å². The monoisotopic (exact) mass is 407 g/mol. The van der Waals surface area contributed by atoms with Gasteiger partial charge in [0.2, 0.25) is 5.91 Å². The molecule has 1 N–H and O–H groups in total. The van der Waals surface area contributed by atoms with Crippen molar-refractivity contribution < 1.29 is 18.8 Å². The van der Waals surface area contributed by atoms with Crippen LogP contribution in [0.1, 0.15) is 29.1 Å². The molecule has 142 valence electrons. The molecule has 0 spiro atoms. The minimum absolute atomic E-state index is 0.240. The molecule has 3 aromatic heterocycles. The van der Waals surface area contributed by atoms with Crippen LogP contribution in [0.2, 0.25) is 0 Å². The summed E-state index contributed by atoms with van der Waals surface area (Å²) in [6.45, 7) is 3.63. The number of nitrogens with one attached hydrogen (secondary N) is 1. The Bertz CT molecular complexity index is 1000. The van der Waals surface area contributed by atoms with E-state index >= 15 is 0 Å². The third-order valence-corrected chi connectivity index (χ3v) is 5.67. The van der Waals surface area contributed by atoms with Crippen LogP contribution in [0.5, 0.6) is 0 Å². The van der Waals surface area contributed by atoms with Gasteiger partial charge in [0.05, 0.1) is 17.0 Å². The topological polar surface area (TPSA) is 103 Å². The highest BCUT2D eigenvalue weighted by molar-refractivity contribution is 7.16. The first-order valence-electron chi connectivity index (χ1n) is 8.23. The predicted molar refractivity (Wildman–Crippen MR) is 102 cm³/mol. The van der Waals surface area contributed by atoms with Crippen LogP contribution in [0, 0.1) is 0 Å². The summed E-state index contributed by atoms with van der Waals surface area (Å²) in [7, 11) is 0. The number of nitrogens with zero attached hydrogens (tertiary/aromatic N) is 2. The Kier molecular flexibility index (Phi) is 5.87. The second-order valence-corrected chi connectivity index (χ2v) is 7.50. The van der Waals surface area contributed by atoms with Crippen molar-refractivity contribution in [2.45, 2.75) is 26.8 Å². The van der Waals surface area contributed by atoms with Crippen LogP contribution in [0.3, 0.4) is 0 Å². The molecule has 8 nitrogen and oxygen atoms in total. The van der Waals surface area contributed by atoms with Gasteiger partial charge in [-0.05, 0) is 30.9 Å². The maximum Gasteiger partial charge on any atom is 0.442 e. The lowest BCUT2D eigenvalue weighted by atomic mass is 10.2. The number of esters is 1. The summed E-state index contributed by atoms with van der Waals surface area (Å²) in [5, 5.41) is 8.67. The van der Waals surface area contributed by atoms with E-state index in [4.69, 9.17) is 9.26 Å². The summed E-state index contributed by atoms with van der Waals surface area (Å²) in [6, 6.07) is 5.30. The Labute approximate surface area is 162 Å². The molecule has 0 aliphatic heterocycles. The van der Waals surface area contributed by atoms with Crippen LogP contribution in [-0.4, -0.2) is 28.2 Å². The van der Waals surface area contributed by atoms with Gasteiger partial charge in [-0.1, -0.05) is 18.1 Å². The van der Waals surface area contributed by atoms with E-state index in [0.29, 0.717) is 15.4 Å². The average molecular weight is 407 g/mol. The predicted octanol–water partition coefficient (Wildman–Crippen LogP) is 3.00. The van der Waals surface area contributed by atoms with E-state index < -0.39 is 17.6 Å². The summed E-state index contributed by atoms with van der Waals surface area (Å²) in [6.07, 6.45) is 0.723. The molecule has 3 aromatic rings. The van der Waals surface area contributed by atoms with Crippen molar-refractivity contribution >= 4 is 39.6 Å². The first-order chi connectivity index (χ1) is 13.0. The van der Waals surface area contributed by atoms with E-state index in [1.54, 1.807) is 19.1 Å². The van der Waals surface area contributed by atoms with Crippen LogP contribution in [-0.2, 0) is 22.5 Å². The number of hydrogen-bond donors (Lipinski definition) is 1. The lowest BCUT2D eigenvalue weighted by molar-refractivity contribution is -0.116. The Hall–Kier alpha value is -2.72. The maximum absolute atomic E-state index is 12.5. The summed E-state index contributed by atoms with van der Waals surface area (Å²) in [5.74, 6) is -1.39. The third kappa shape index (κ3) is 4.17. The van der Waals surface area contributed by atoms with Gasteiger partial charge >= 0.3 is 11.7 Å². The summed E-state index contributed by atoms with van der Waals surface area (Å²) in [5.41, 5.74) is 0.309. The highest BCUT2D eigenvalue weighted by Gasteiger charge is 2.21. The van der Waals surface area contributed by atoms with Crippen molar-refractivity contribution in [3.05, 3.63) is 44.6 Å². The van der Waals surface area contributed by atoms with Crippen molar-refractivity contribution in [1.82, 2.24) is 9.72 Å². The third-order valence-electron chi connectivity index (χ3n) is 3.61. The summed E-state index contributed by atoms with van der Waals surface area (Å²) in [4.78, 5) is 38.2. The van der Waals surface area contributed by atoms with Gasteiger partial charge in [-0.25, -0.2) is 14.2 Å². The van der Waals surface area contributed by atoms with Crippen LogP contribution in [0.4, 0.5) is 5.00 Å². The number of carbonyl (C=O) groups is 2. The Morgan fingerprint density at radius 3 is 2.85 bits per heavy atom. The lowest BCUT2D eigenvalue weighted by Gasteiger charge is -2.07. The van der Waals surface area contributed by atoms with Gasteiger partial charge in [0.25, 0.3) is 0 Å². The van der Waals surface area contributed by atoms with E-state index in [2.05, 4.69) is 10.5 Å². The van der Waals surface area contributed by atoms with Gasteiger partial charge in [-0.15, -0.1) is 22.7 Å². The molecule has 0 aliphatic carbocycles. The molecule has 0 fully saturated rings. The zero-order valence-electron chi connectivity index (χ0n) is 14.7. The van der Waals surface area contributed by atoms with Gasteiger partial charge in [0.1, 0.15) is 11.5 Å². The minimum Gasteiger partial charge on any atom is -0.462 e. The van der Waals surface area contributed by atoms with Crippen LogP contribution >= 0.6 is 22.7 Å². The number of rotatable bonds is 7. The van der Waals surface area contributed by atoms with Crippen LogP contribution < -0.4 is 11.1 Å². The minimum atomic E-state index is -0.723.